The summed E-state index contributed by atoms with van der Waals surface area (Å²) >= 11 is 1.53. The molecule has 0 radical (unpaired) electrons. The number of likely N-dealkylation sites (tertiary alicyclic amines) is 1. The van der Waals surface area contributed by atoms with Crippen molar-refractivity contribution >= 4 is 43.2 Å². The molecule has 0 bridgehead atoms. The number of anilines is 1. The van der Waals surface area contributed by atoms with Crippen molar-refractivity contribution in [2.45, 2.75) is 77.7 Å². The van der Waals surface area contributed by atoms with Crippen LogP contribution in [-0.2, 0) is 21.2 Å². The normalized spacial score (nSPS) is 16.4. The molecule has 33 heavy (non-hydrogen) atoms. The Balaban J connectivity index is 1.70. The van der Waals surface area contributed by atoms with Gasteiger partial charge in [0.15, 0.2) is 0 Å². The summed E-state index contributed by atoms with van der Waals surface area (Å²) in [5.41, 5.74) is 6.00. The molecule has 0 aliphatic carbocycles. The Hall–Kier alpha value is -1.71. The van der Waals surface area contributed by atoms with Crippen LogP contribution in [0, 0.1) is 5.92 Å². The molecule has 1 aliphatic heterocycles. The van der Waals surface area contributed by atoms with Crippen molar-refractivity contribution in [2.75, 3.05) is 24.6 Å². The van der Waals surface area contributed by atoms with Gasteiger partial charge in [-0.15, -0.1) is 11.3 Å². The highest BCUT2D eigenvalue weighted by atomic mass is 32.2. The molecule has 1 fully saturated rings. The number of unbranched alkanes of at least 4 members (excludes halogenated alkanes) is 5. The Labute approximate surface area is 202 Å². The summed E-state index contributed by atoms with van der Waals surface area (Å²) in [5, 5.41) is 0.852. The first kappa shape index (κ1) is 25.9. The van der Waals surface area contributed by atoms with E-state index in [-0.39, 0.29) is 11.7 Å². The molecule has 2 aromatic heterocycles. The minimum atomic E-state index is -3.56. The second kappa shape index (κ2) is 12.1. The first-order chi connectivity index (χ1) is 15.8. The molecule has 1 saturated heterocycles. The van der Waals surface area contributed by atoms with Crippen molar-refractivity contribution in [1.29, 1.82) is 0 Å². The van der Waals surface area contributed by atoms with Gasteiger partial charge in [-0.1, -0.05) is 46.0 Å². The number of aromatic nitrogens is 1. The smallest absolute Gasteiger partial charge is 0.241 e. The predicted octanol–water partition coefficient (Wildman–Crippen LogP) is 4.33. The van der Waals surface area contributed by atoms with E-state index >= 15 is 0 Å². The number of carbonyl (C=O) groups is 1. The number of hydrogen-bond donors (Lipinski definition) is 2. The Kier molecular flexibility index (Phi) is 9.52. The number of nitrogens with one attached hydrogen (secondary N) is 1. The number of nitrogen functional groups attached to an aromatic ring is 1. The summed E-state index contributed by atoms with van der Waals surface area (Å²) in [4.78, 5) is 20.3. The van der Waals surface area contributed by atoms with Gasteiger partial charge in [0.1, 0.15) is 11.9 Å². The molecule has 0 saturated carbocycles. The van der Waals surface area contributed by atoms with Crippen LogP contribution in [0.1, 0.15) is 70.1 Å². The SMILES string of the molecule is CCCCCCCCS(=O)(=O)NC(Cc1cc2c(N)nccc2s1)C(=O)N1CCC(C)CC1. The van der Waals surface area contributed by atoms with E-state index < -0.39 is 16.1 Å². The lowest BCUT2D eigenvalue weighted by atomic mass is 9.98. The first-order valence-corrected chi connectivity index (χ1v) is 14.7. The Bertz CT molecular complexity index is 1010. The maximum Gasteiger partial charge on any atom is 0.241 e. The van der Waals surface area contributed by atoms with Gasteiger partial charge in [0, 0.05) is 40.7 Å². The van der Waals surface area contributed by atoms with Crippen LogP contribution in [0.4, 0.5) is 5.82 Å². The Morgan fingerprint density at radius 2 is 1.94 bits per heavy atom. The average molecular weight is 495 g/mol. The molecule has 3 rings (SSSR count). The lowest BCUT2D eigenvalue weighted by Crippen LogP contribution is -2.51. The van der Waals surface area contributed by atoms with Crippen LogP contribution in [0.15, 0.2) is 18.3 Å². The van der Waals surface area contributed by atoms with Gasteiger partial charge in [-0.25, -0.2) is 18.1 Å². The fraction of sp³-hybridized carbons (Fsp3) is 0.667. The molecule has 9 heteroatoms. The number of nitrogens with zero attached hydrogens (tertiary/aromatic N) is 2. The van der Waals surface area contributed by atoms with E-state index in [0.29, 0.717) is 37.7 Å². The van der Waals surface area contributed by atoms with Crippen molar-refractivity contribution in [3.63, 3.8) is 0 Å². The summed E-state index contributed by atoms with van der Waals surface area (Å²) in [6.45, 7) is 5.71. The molecule has 0 aromatic carbocycles. The van der Waals surface area contributed by atoms with Crippen molar-refractivity contribution in [1.82, 2.24) is 14.6 Å². The van der Waals surface area contributed by atoms with Gasteiger partial charge in [-0.05, 0) is 37.3 Å². The Morgan fingerprint density at radius 3 is 2.64 bits per heavy atom. The van der Waals surface area contributed by atoms with Crippen LogP contribution in [0.25, 0.3) is 10.1 Å². The fourth-order valence-corrected chi connectivity index (χ4v) is 6.75. The lowest BCUT2D eigenvalue weighted by Gasteiger charge is -2.33. The number of rotatable bonds is 12. The third-order valence-corrected chi connectivity index (χ3v) is 9.01. The number of carbonyl (C=O) groups excluding carboxylic acids is 1. The molecule has 1 amide bonds. The number of pyridine rings is 1. The molecular weight excluding hydrogens is 456 g/mol. The van der Waals surface area contributed by atoms with Gasteiger partial charge in [-0.2, -0.15) is 0 Å². The highest BCUT2D eigenvalue weighted by molar-refractivity contribution is 7.89. The van der Waals surface area contributed by atoms with Crippen LogP contribution in [0.2, 0.25) is 0 Å². The number of thiophene rings is 1. The van der Waals surface area contributed by atoms with E-state index in [1.165, 1.54) is 24.2 Å². The largest absolute Gasteiger partial charge is 0.383 e. The molecule has 0 spiro atoms. The summed E-state index contributed by atoms with van der Waals surface area (Å²) in [6, 6.07) is 3.03. The fourth-order valence-electron chi connectivity index (χ4n) is 4.32. The molecule has 3 N–H and O–H groups in total. The number of fused-ring (bicyclic) bond motifs is 1. The minimum absolute atomic E-state index is 0.0588. The van der Waals surface area contributed by atoms with Gasteiger partial charge in [0.2, 0.25) is 15.9 Å². The molecule has 3 heterocycles. The molecule has 2 aromatic rings. The molecule has 7 nitrogen and oxygen atoms in total. The number of nitrogens with two attached hydrogens (primary N) is 1. The summed E-state index contributed by atoms with van der Waals surface area (Å²) in [7, 11) is -3.56. The highest BCUT2D eigenvalue weighted by Gasteiger charge is 2.31. The van der Waals surface area contributed by atoms with Gasteiger partial charge < -0.3 is 10.6 Å². The quantitative estimate of drug-likeness (QED) is 0.427. The van der Waals surface area contributed by atoms with Crippen LogP contribution >= 0.6 is 11.3 Å². The third-order valence-electron chi connectivity index (χ3n) is 6.41. The van der Waals surface area contributed by atoms with Crippen LogP contribution < -0.4 is 10.5 Å². The number of sulfonamides is 1. The van der Waals surface area contributed by atoms with E-state index in [4.69, 9.17) is 5.73 Å². The zero-order valence-corrected chi connectivity index (χ0v) is 21.5. The zero-order valence-electron chi connectivity index (χ0n) is 19.9. The third kappa shape index (κ3) is 7.65. The highest BCUT2D eigenvalue weighted by Crippen LogP contribution is 2.29. The average Bonchev–Trinajstić information content (AvgIpc) is 3.19. The molecule has 184 valence electrons. The minimum Gasteiger partial charge on any atom is -0.383 e. The monoisotopic (exact) mass is 494 g/mol. The van der Waals surface area contributed by atoms with Gasteiger partial charge in [-0.3, -0.25) is 4.79 Å². The van der Waals surface area contributed by atoms with E-state index in [2.05, 4.69) is 23.6 Å². The van der Waals surface area contributed by atoms with Crippen molar-refractivity contribution in [2.24, 2.45) is 5.92 Å². The maximum absolute atomic E-state index is 13.4. The van der Waals surface area contributed by atoms with Crippen molar-refractivity contribution < 1.29 is 13.2 Å². The van der Waals surface area contributed by atoms with Crippen LogP contribution in [0.3, 0.4) is 0 Å². The molecule has 1 atom stereocenters. The topological polar surface area (TPSA) is 105 Å². The number of amides is 1. The summed E-state index contributed by atoms with van der Waals surface area (Å²) in [5.74, 6) is 0.974. The Morgan fingerprint density at radius 1 is 1.24 bits per heavy atom. The summed E-state index contributed by atoms with van der Waals surface area (Å²) < 4.78 is 29.5. The predicted molar refractivity (Wildman–Crippen MR) is 137 cm³/mol. The second-order valence-corrected chi connectivity index (χ2v) is 12.3. The molecule has 1 aliphatic rings. The van der Waals surface area contributed by atoms with Crippen LogP contribution in [0.5, 0.6) is 0 Å². The lowest BCUT2D eigenvalue weighted by molar-refractivity contribution is -0.134. The van der Waals surface area contributed by atoms with Gasteiger partial charge >= 0.3 is 0 Å². The number of hydrogen-bond acceptors (Lipinski definition) is 6. The second-order valence-electron chi connectivity index (χ2n) is 9.29. The van der Waals surface area contributed by atoms with E-state index in [0.717, 1.165) is 47.1 Å². The number of piperidine rings is 1. The van der Waals surface area contributed by atoms with Crippen molar-refractivity contribution in [3.8, 4) is 0 Å². The summed E-state index contributed by atoms with van der Waals surface area (Å²) in [6.07, 6.45) is 9.94. The van der Waals surface area contributed by atoms with Crippen LogP contribution in [-0.4, -0.2) is 49.1 Å². The first-order valence-electron chi connectivity index (χ1n) is 12.2. The van der Waals surface area contributed by atoms with Gasteiger partial charge in [0.25, 0.3) is 0 Å². The molecular formula is C24H38N4O3S2. The van der Waals surface area contributed by atoms with E-state index in [9.17, 15) is 13.2 Å². The van der Waals surface area contributed by atoms with E-state index in [1.807, 2.05) is 17.0 Å². The van der Waals surface area contributed by atoms with Gasteiger partial charge in [0.05, 0.1) is 5.75 Å². The standard InChI is InChI=1S/C24H38N4O3S2/c1-3-4-5-6-7-8-15-33(30,31)27-21(24(29)28-13-10-18(2)11-14-28)17-19-16-20-22(32-19)9-12-26-23(20)25/h9,12,16,18,21,27H,3-8,10-11,13-15,17H2,1-2H3,(H2,25,26). The molecule has 1 unspecified atom stereocenters. The maximum atomic E-state index is 13.4. The van der Waals surface area contributed by atoms with Crippen molar-refractivity contribution in [3.05, 3.63) is 23.2 Å². The zero-order chi connectivity index (χ0) is 23.8. The van der Waals surface area contributed by atoms with E-state index in [1.54, 1.807) is 6.20 Å².